The predicted molar refractivity (Wildman–Crippen MR) is 80.4 cm³/mol. The highest BCUT2D eigenvalue weighted by Crippen LogP contribution is 2.20. The second kappa shape index (κ2) is 6.01. The number of hydrogen-bond donors (Lipinski definition) is 0. The lowest BCUT2D eigenvalue weighted by atomic mass is 10.1. The number of aromatic nitrogens is 2. The minimum Gasteiger partial charge on any atom is -0.421 e. The highest BCUT2D eigenvalue weighted by molar-refractivity contribution is 6.02. The fourth-order valence-corrected chi connectivity index (χ4v) is 2.29. The topological polar surface area (TPSA) is 65.2 Å². The Bertz CT molecular complexity index is 826. The summed E-state index contributed by atoms with van der Waals surface area (Å²) in [5.41, 5.74) is 0.481. The second-order valence-electron chi connectivity index (χ2n) is 4.73. The van der Waals surface area contributed by atoms with Gasteiger partial charge in [-0.15, -0.1) is 0 Å². The molecule has 0 spiro atoms. The molecule has 0 saturated heterocycles. The number of para-hydroxylation sites is 1. The highest BCUT2D eigenvalue weighted by atomic mass is 16.5. The van der Waals surface area contributed by atoms with Gasteiger partial charge in [0, 0.05) is 36.6 Å². The van der Waals surface area contributed by atoms with Gasteiger partial charge in [-0.2, -0.15) is 0 Å². The van der Waals surface area contributed by atoms with Crippen molar-refractivity contribution in [2.45, 2.75) is 19.8 Å². The van der Waals surface area contributed by atoms with E-state index in [1.807, 2.05) is 25.1 Å². The SMILES string of the molecule is CCOCCCc1ncc2c(n1)c(=O)oc1ccccc12. The van der Waals surface area contributed by atoms with Crippen LogP contribution in [0.15, 0.2) is 39.7 Å². The molecular formula is C16H16N2O3. The molecule has 0 N–H and O–H groups in total. The predicted octanol–water partition coefficient (Wildman–Crippen LogP) is 2.71. The van der Waals surface area contributed by atoms with E-state index >= 15 is 0 Å². The first-order chi connectivity index (χ1) is 10.3. The molecule has 0 aliphatic rings. The maximum atomic E-state index is 12.0. The van der Waals surface area contributed by atoms with Crippen LogP contribution in [0.2, 0.25) is 0 Å². The maximum absolute atomic E-state index is 12.0. The van der Waals surface area contributed by atoms with Gasteiger partial charge >= 0.3 is 5.63 Å². The Hall–Kier alpha value is -2.27. The Kier molecular flexibility index (Phi) is 3.92. The zero-order valence-corrected chi connectivity index (χ0v) is 11.8. The van der Waals surface area contributed by atoms with Crippen LogP contribution in [0.3, 0.4) is 0 Å². The van der Waals surface area contributed by atoms with Gasteiger partial charge in [-0.05, 0) is 19.4 Å². The lowest BCUT2D eigenvalue weighted by Crippen LogP contribution is -2.06. The van der Waals surface area contributed by atoms with Gasteiger partial charge in [0.05, 0.1) is 0 Å². The number of hydrogen-bond acceptors (Lipinski definition) is 5. The monoisotopic (exact) mass is 284 g/mol. The first kappa shape index (κ1) is 13.7. The van der Waals surface area contributed by atoms with Crippen LogP contribution in [-0.2, 0) is 11.2 Å². The van der Waals surface area contributed by atoms with E-state index in [2.05, 4.69) is 9.97 Å². The largest absolute Gasteiger partial charge is 0.421 e. The summed E-state index contributed by atoms with van der Waals surface area (Å²) in [7, 11) is 0. The number of benzene rings is 1. The van der Waals surface area contributed by atoms with Gasteiger partial charge in [-0.3, -0.25) is 0 Å². The molecular weight excluding hydrogens is 268 g/mol. The van der Waals surface area contributed by atoms with E-state index in [1.165, 1.54) is 0 Å². The maximum Gasteiger partial charge on any atom is 0.363 e. The van der Waals surface area contributed by atoms with Gasteiger partial charge in [-0.25, -0.2) is 14.8 Å². The lowest BCUT2D eigenvalue weighted by molar-refractivity contribution is 0.145. The molecule has 5 nitrogen and oxygen atoms in total. The van der Waals surface area contributed by atoms with E-state index < -0.39 is 5.63 Å². The van der Waals surface area contributed by atoms with Crippen molar-refractivity contribution in [3.8, 4) is 0 Å². The van der Waals surface area contributed by atoms with Crippen LogP contribution in [0, 0.1) is 0 Å². The second-order valence-corrected chi connectivity index (χ2v) is 4.73. The molecule has 0 amide bonds. The Labute approximate surface area is 121 Å². The molecule has 0 fully saturated rings. The smallest absolute Gasteiger partial charge is 0.363 e. The van der Waals surface area contributed by atoms with E-state index in [4.69, 9.17) is 9.15 Å². The average Bonchev–Trinajstić information content (AvgIpc) is 2.52. The molecule has 21 heavy (non-hydrogen) atoms. The fourth-order valence-electron chi connectivity index (χ4n) is 2.29. The van der Waals surface area contributed by atoms with Crippen molar-refractivity contribution in [2.75, 3.05) is 13.2 Å². The van der Waals surface area contributed by atoms with Crippen LogP contribution in [0.4, 0.5) is 0 Å². The van der Waals surface area contributed by atoms with E-state index in [9.17, 15) is 4.79 Å². The van der Waals surface area contributed by atoms with Crippen LogP contribution >= 0.6 is 0 Å². The van der Waals surface area contributed by atoms with Crippen molar-refractivity contribution in [1.82, 2.24) is 9.97 Å². The molecule has 0 bridgehead atoms. The third kappa shape index (κ3) is 2.78. The van der Waals surface area contributed by atoms with E-state index in [-0.39, 0.29) is 0 Å². The third-order valence-corrected chi connectivity index (χ3v) is 3.31. The number of nitrogens with zero attached hydrogens (tertiary/aromatic N) is 2. The Balaban J connectivity index is 2.00. The van der Waals surface area contributed by atoms with Gasteiger partial charge < -0.3 is 9.15 Å². The number of rotatable bonds is 5. The average molecular weight is 284 g/mol. The van der Waals surface area contributed by atoms with Crippen molar-refractivity contribution in [3.63, 3.8) is 0 Å². The summed E-state index contributed by atoms with van der Waals surface area (Å²) in [6.45, 7) is 3.33. The quantitative estimate of drug-likeness (QED) is 0.409. The van der Waals surface area contributed by atoms with Crippen LogP contribution in [0.1, 0.15) is 19.2 Å². The molecule has 3 rings (SSSR count). The molecule has 2 heterocycles. The third-order valence-electron chi connectivity index (χ3n) is 3.31. The van der Waals surface area contributed by atoms with Crippen LogP contribution in [0.25, 0.3) is 21.9 Å². The minimum atomic E-state index is -0.419. The number of aryl methyl sites for hydroxylation is 1. The Morgan fingerprint density at radius 2 is 2.10 bits per heavy atom. The van der Waals surface area contributed by atoms with Crippen LogP contribution < -0.4 is 5.63 Å². The molecule has 2 aromatic heterocycles. The number of fused-ring (bicyclic) bond motifs is 3. The van der Waals surface area contributed by atoms with Gasteiger partial charge in [-0.1, -0.05) is 18.2 Å². The summed E-state index contributed by atoms with van der Waals surface area (Å²) >= 11 is 0. The lowest BCUT2D eigenvalue weighted by Gasteiger charge is -2.04. The zero-order chi connectivity index (χ0) is 14.7. The first-order valence-electron chi connectivity index (χ1n) is 7.05. The van der Waals surface area contributed by atoms with Crippen molar-refractivity contribution >= 4 is 21.9 Å². The summed E-state index contributed by atoms with van der Waals surface area (Å²) in [4.78, 5) is 20.7. The molecule has 0 saturated carbocycles. The van der Waals surface area contributed by atoms with Crippen molar-refractivity contribution < 1.29 is 9.15 Å². The van der Waals surface area contributed by atoms with Crippen LogP contribution in [0.5, 0.6) is 0 Å². The molecule has 0 unspecified atom stereocenters. The van der Waals surface area contributed by atoms with Crippen molar-refractivity contribution in [3.05, 3.63) is 46.7 Å². The summed E-state index contributed by atoms with van der Waals surface area (Å²) in [5.74, 6) is 0.643. The van der Waals surface area contributed by atoms with Gasteiger partial charge in [0.15, 0.2) is 5.52 Å². The summed E-state index contributed by atoms with van der Waals surface area (Å²) in [6, 6.07) is 7.41. The van der Waals surface area contributed by atoms with Gasteiger partial charge in [0.25, 0.3) is 0 Å². The highest BCUT2D eigenvalue weighted by Gasteiger charge is 2.09. The normalized spacial score (nSPS) is 11.3. The van der Waals surface area contributed by atoms with Crippen molar-refractivity contribution in [1.29, 1.82) is 0 Å². The first-order valence-corrected chi connectivity index (χ1v) is 7.05. The van der Waals surface area contributed by atoms with E-state index in [0.717, 1.165) is 17.2 Å². The summed E-state index contributed by atoms with van der Waals surface area (Å²) in [6.07, 6.45) is 3.22. The van der Waals surface area contributed by atoms with E-state index in [1.54, 1.807) is 12.3 Å². The van der Waals surface area contributed by atoms with Gasteiger partial charge in [0.1, 0.15) is 11.4 Å². The Morgan fingerprint density at radius 3 is 2.95 bits per heavy atom. The molecule has 0 radical (unpaired) electrons. The molecule has 108 valence electrons. The minimum absolute atomic E-state index is 0.343. The molecule has 0 aliphatic carbocycles. The summed E-state index contributed by atoms with van der Waals surface area (Å²) < 4.78 is 10.6. The Morgan fingerprint density at radius 1 is 1.24 bits per heavy atom. The molecule has 5 heteroatoms. The van der Waals surface area contributed by atoms with Crippen molar-refractivity contribution in [2.24, 2.45) is 0 Å². The van der Waals surface area contributed by atoms with Gasteiger partial charge in [0.2, 0.25) is 0 Å². The molecule has 1 aromatic carbocycles. The molecule has 0 atom stereocenters. The standard InChI is InChI=1S/C16H16N2O3/c1-2-20-9-5-8-14-17-10-12-11-6-3-4-7-13(11)21-16(19)15(12)18-14/h3-4,6-7,10H,2,5,8-9H2,1H3. The molecule has 0 aliphatic heterocycles. The molecule has 3 aromatic rings. The van der Waals surface area contributed by atoms with Crippen LogP contribution in [-0.4, -0.2) is 23.2 Å². The van der Waals surface area contributed by atoms with E-state index in [0.29, 0.717) is 36.6 Å². The fraction of sp³-hybridized carbons (Fsp3) is 0.312. The zero-order valence-electron chi connectivity index (χ0n) is 11.8. The summed E-state index contributed by atoms with van der Waals surface area (Å²) in [5, 5.41) is 1.59. The number of ether oxygens (including phenoxy) is 1.